The quantitative estimate of drug-likeness (QED) is 0.944. The Labute approximate surface area is 128 Å². The molecule has 0 fully saturated rings. The second-order valence-electron chi connectivity index (χ2n) is 5.40. The molecule has 1 aliphatic carbocycles. The summed E-state index contributed by atoms with van der Waals surface area (Å²) in [5, 5.41) is 7.06. The number of rotatable bonds is 4. The summed E-state index contributed by atoms with van der Waals surface area (Å²) in [7, 11) is 0. The fourth-order valence-corrected chi connectivity index (χ4v) is 3.64. The number of nitrogens with zero attached hydrogens (tertiary/aromatic N) is 2. The van der Waals surface area contributed by atoms with Crippen LogP contribution < -0.4 is 5.32 Å². The zero-order chi connectivity index (χ0) is 14.7. The van der Waals surface area contributed by atoms with Crippen LogP contribution in [0.3, 0.4) is 0 Å². The van der Waals surface area contributed by atoms with Gasteiger partial charge in [-0.2, -0.15) is 0 Å². The predicted molar refractivity (Wildman–Crippen MR) is 83.7 cm³/mol. The molecule has 1 heterocycles. The average molecular weight is 301 g/mol. The van der Waals surface area contributed by atoms with Crippen LogP contribution in [0.5, 0.6) is 0 Å². The molecule has 5 heteroatoms. The summed E-state index contributed by atoms with van der Waals surface area (Å²) in [5.41, 5.74) is 3.61. The molecule has 4 nitrogen and oxygen atoms in total. The first kappa shape index (κ1) is 14.2. The van der Waals surface area contributed by atoms with Crippen molar-refractivity contribution in [1.82, 2.24) is 14.9 Å². The standard InChI is InChI=1S/C16H19N3OS/c1-2-14-15(21-19-18-14)16(20)17-10-12-8-5-7-11-6-3-4-9-13(11)12/h3-4,6,9,12H,2,5,7-8,10H2,1H3,(H,17,20)/t12-/m0/s1. The van der Waals surface area contributed by atoms with Gasteiger partial charge in [0, 0.05) is 12.5 Å². The van der Waals surface area contributed by atoms with Crippen molar-refractivity contribution in [3.8, 4) is 0 Å². The molecule has 1 aromatic carbocycles. The van der Waals surface area contributed by atoms with Gasteiger partial charge in [-0.3, -0.25) is 4.79 Å². The van der Waals surface area contributed by atoms with Gasteiger partial charge in [-0.05, 0) is 48.3 Å². The maximum atomic E-state index is 12.3. The third kappa shape index (κ3) is 2.97. The number of hydrogen-bond acceptors (Lipinski definition) is 4. The highest BCUT2D eigenvalue weighted by Gasteiger charge is 2.21. The van der Waals surface area contributed by atoms with Gasteiger partial charge in [0.05, 0.1) is 5.69 Å². The largest absolute Gasteiger partial charge is 0.351 e. The van der Waals surface area contributed by atoms with Crippen molar-refractivity contribution in [3.63, 3.8) is 0 Å². The lowest BCUT2D eigenvalue weighted by Gasteiger charge is -2.25. The minimum atomic E-state index is -0.0371. The smallest absolute Gasteiger partial charge is 0.264 e. The maximum absolute atomic E-state index is 12.3. The van der Waals surface area contributed by atoms with Crippen LogP contribution in [-0.4, -0.2) is 22.0 Å². The van der Waals surface area contributed by atoms with Gasteiger partial charge in [0.1, 0.15) is 4.88 Å². The molecule has 0 spiro atoms. The van der Waals surface area contributed by atoms with E-state index in [2.05, 4.69) is 39.2 Å². The third-order valence-corrected chi connectivity index (χ3v) is 4.87. The highest BCUT2D eigenvalue weighted by Crippen LogP contribution is 2.30. The Balaban J connectivity index is 1.67. The summed E-state index contributed by atoms with van der Waals surface area (Å²) in [4.78, 5) is 12.9. The van der Waals surface area contributed by atoms with E-state index in [1.807, 2.05) is 6.92 Å². The van der Waals surface area contributed by atoms with Gasteiger partial charge in [-0.25, -0.2) is 0 Å². The van der Waals surface area contributed by atoms with Crippen molar-refractivity contribution in [2.75, 3.05) is 6.54 Å². The molecule has 0 saturated carbocycles. The number of carbonyl (C=O) groups is 1. The Morgan fingerprint density at radius 2 is 2.29 bits per heavy atom. The van der Waals surface area contributed by atoms with Crippen LogP contribution in [0.15, 0.2) is 24.3 Å². The minimum absolute atomic E-state index is 0.0371. The van der Waals surface area contributed by atoms with Gasteiger partial charge in [-0.1, -0.05) is 35.7 Å². The van der Waals surface area contributed by atoms with Gasteiger partial charge >= 0.3 is 0 Å². The van der Waals surface area contributed by atoms with E-state index in [4.69, 9.17) is 0 Å². The first-order valence-electron chi connectivity index (χ1n) is 7.46. The number of fused-ring (bicyclic) bond motifs is 1. The summed E-state index contributed by atoms with van der Waals surface area (Å²) >= 11 is 1.18. The summed E-state index contributed by atoms with van der Waals surface area (Å²) < 4.78 is 3.88. The molecule has 1 atom stereocenters. The zero-order valence-corrected chi connectivity index (χ0v) is 12.9. The first-order valence-corrected chi connectivity index (χ1v) is 8.24. The van der Waals surface area contributed by atoms with Crippen molar-refractivity contribution in [2.24, 2.45) is 0 Å². The van der Waals surface area contributed by atoms with E-state index < -0.39 is 0 Å². The number of hydrogen-bond donors (Lipinski definition) is 1. The van der Waals surface area contributed by atoms with Crippen LogP contribution in [-0.2, 0) is 12.8 Å². The molecule has 2 aromatic rings. The van der Waals surface area contributed by atoms with Crippen molar-refractivity contribution >= 4 is 17.4 Å². The molecule has 0 bridgehead atoms. The minimum Gasteiger partial charge on any atom is -0.351 e. The highest BCUT2D eigenvalue weighted by molar-refractivity contribution is 7.08. The van der Waals surface area contributed by atoms with Gasteiger partial charge in [0.25, 0.3) is 5.91 Å². The number of carbonyl (C=O) groups excluding carboxylic acids is 1. The number of benzene rings is 1. The third-order valence-electron chi connectivity index (χ3n) is 4.10. The van der Waals surface area contributed by atoms with Crippen molar-refractivity contribution in [1.29, 1.82) is 0 Å². The molecule has 1 aromatic heterocycles. The molecular formula is C16H19N3OS. The van der Waals surface area contributed by atoms with E-state index in [9.17, 15) is 4.79 Å². The van der Waals surface area contributed by atoms with Crippen LogP contribution in [0.25, 0.3) is 0 Å². The normalized spacial score (nSPS) is 17.3. The maximum Gasteiger partial charge on any atom is 0.264 e. The Morgan fingerprint density at radius 3 is 3.14 bits per heavy atom. The second kappa shape index (κ2) is 6.35. The lowest BCUT2D eigenvalue weighted by Crippen LogP contribution is -2.30. The Hall–Kier alpha value is -1.75. The fraction of sp³-hybridized carbons (Fsp3) is 0.438. The second-order valence-corrected chi connectivity index (χ2v) is 6.15. The summed E-state index contributed by atoms with van der Waals surface area (Å²) in [6.07, 6.45) is 4.23. The lowest BCUT2D eigenvalue weighted by molar-refractivity contribution is 0.0953. The van der Waals surface area contributed by atoms with Gasteiger partial charge in [0.2, 0.25) is 0 Å². The lowest BCUT2D eigenvalue weighted by atomic mass is 9.83. The van der Waals surface area contributed by atoms with Crippen LogP contribution in [0.2, 0.25) is 0 Å². The molecule has 1 aliphatic rings. The molecule has 3 rings (SSSR count). The van der Waals surface area contributed by atoms with Gasteiger partial charge < -0.3 is 5.32 Å². The Bertz CT molecular complexity index is 638. The molecule has 110 valence electrons. The molecule has 1 N–H and O–H groups in total. The van der Waals surface area contributed by atoms with Crippen molar-refractivity contribution < 1.29 is 4.79 Å². The predicted octanol–water partition coefficient (Wildman–Crippen LogP) is 2.95. The molecule has 21 heavy (non-hydrogen) atoms. The van der Waals surface area contributed by atoms with E-state index in [0.717, 1.165) is 25.0 Å². The van der Waals surface area contributed by atoms with Crippen molar-refractivity contribution in [2.45, 2.75) is 38.5 Å². The monoisotopic (exact) mass is 301 g/mol. The van der Waals surface area contributed by atoms with Crippen LogP contribution in [0.4, 0.5) is 0 Å². The number of amides is 1. The van der Waals surface area contributed by atoms with Crippen LogP contribution >= 0.6 is 11.5 Å². The Kier molecular flexibility index (Phi) is 4.29. The topological polar surface area (TPSA) is 54.9 Å². The van der Waals surface area contributed by atoms with Crippen molar-refractivity contribution in [3.05, 3.63) is 46.0 Å². The molecule has 1 amide bonds. The van der Waals surface area contributed by atoms with Crippen LogP contribution in [0, 0.1) is 0 Å². The summed E-state index contributed by atoms with van der Waals surface area (Å²) in [5.74, 6) is 0.384. The average Bonchev–Trinajstić information content (AvgIpc) is 3.01. The number of aromatic nitrogens is 2. The Morgan fingerprint density at radius 1 is 1.43 bits per heavy atom. The van der Waals surface area contributed by atoms with Gasteiger partial charge in [0.15, 0.2) is 0 Å². The molecule has 0 aliphatic heterocycles. The molecular weight excluding hydrogens is 282 g/mol. The summed E-state index contributed by atoms with van der Waals surface area (Å²) in [6, 6.07) is 8.57. The molecule has 0 unspecified atom stereocenters. The zero-order valence-electron chi connectivity index (χ0n) is 12.1. The highest BCUT2D eigenvalue weighted by atomic mass is 32.1. The molecule has 0 saturated heterocycles. The van der Waals surface area contributed by atoms with E-state index in [1.165, 1.54) is 29.1 Å². The number of nitrogens with one attached hydrogen (secondary N) is 1. The van der Waals surface area contributed by atoms with E-state index in [0.29, 0.717) is 17.3 Å². The molecule has 0 radical (unpaired) electrons. The first-order chi connectivity index (χ1) is 10.3. The van der Waals surface area contributed by atoms with Crippen LogP contribution in [0.1, 0.15) is 52.2 Å². The van der Waals surface area contributed by atoms with E-state index in [-0.39, 0.29) is 5.91 Å². The fourth-order valence-electron chi connectivity index (χ4n) is 2.98. The SMILES string of the molecule is CCc1nnsc1C(=O)NC[C@@H]1CCCc2ccccc21. The van der Waals surface area contributed by atoms with Gasteiger partial charge in [-0.15, -0.1) is 5.10 Å². The van der Waals surface area contributed by atoms with E-state index >= 15 is 0 Å². The summed E-state index contributed by atoms with van der Waals surface area (Å²) in [6.45, 7) is 2.68. The van der Waals surface area contributed by atoms with E-state index in [1.54, 1.807) is 0 Å². The number of aryl methyl sites for hydroxylation is 2.